The predicted octanol–water partition coefficient (Wildman–Crippen LogP) is 0.114. The first-order valence-electron chi connectivity index (χ1n) is 6.97. The molecule has 0 aromatic heterocycles. The maximum Gasteiger partial charge on any atom is 0.0923 e. The molecule has 1 saturated heterocycles. The number of rotatable bonds is 7. The minimum Gasteiger partial charge on any atom is -0.387 e. The Morgan fingerprint density at radius 1 is 1.35 bits per heavy atom. The fourth-order valence-corrected chi connectivity index (χ4v) is 2.85. The Morgan fingerprint density at radius 2 is 2.00 bits per heavy atom. The zero-order chi connectivity index (χ0) is 12.3. The summed E-state index contributed by atoms with van der Waals surface area (Å²) in [6.07, 6.45) is 4.98. The lowest BCUT2D eigenvalue weighted by molar-refractivity contribution is -0.00329. The van der Waals surface area contributed by atoms with Crippen molar-refractivity contribution < 1.29 is 5.11 Å². The van der Waals surface area contributed by atoms with Gasteiger partial charge in [0.05, 0.1) is 5.60 Å². The molecule has 2 aliphatic rings. The first kappa shape index (κ1) is 13.3. The molecule has 1 saturated carbocycles. The van der Waals surface area contributed by atoms with E-state index >= 15 is 0 Å². The van der Waals surface area contributed by atoms with Gasteiger partial charge in [-0.1, -0.05) is 0 Å². The normalized spacial score (nSPS) is 25.4. The van der Waals surface area contributed by atoms with E-state index in [0.717, 1.165) is 32.5 Å². The van der Waals surface area contributed by atoms with Crippen LogP contribution >= 0.6 is 0 Å². The summed E-state index contributed by atoms with van der Waals surface area (Å²) in [7, 11) is 2.10. The van der Waals surface area contributed by atoms with Crippen molar-refractivity contribution in [3.63, 3.8) is 0 Å². The highest BCUT2D eigenvalue weighted by Gasteiger charge is 2.43. The van der Waals surface area contributed by atoms with Crippen LogP contribution in [0.4, 0.5) is 0 Å². The Balaban J connectivity index is 1.69. The van der Waals surface area contributed by atoms with Crippen molar-refractivity contribution >= 4 is 0 Å². The van der Waals surface area contributed by atoms with Crippen LogP contribution in [0.3, 0.4) is 0 Å². The molecule has 0 amide bonds. The average Bonchev–Trinajstić information content (AvgIpc) is 3.05. The van der Waals surface area contributed by atoms with E-state index in [-0.39, 0.29) is 0 Å². The van der Waals surface area contributed by atoms with Crippen LogP contribution in [-0.2, 0) is 0 Å². The molecule has 0 radical (unpaired) electrons. The van der Waals surface area contributed by atoms with Gasteiger partial charge in [0.15, 0.2) is 0 Å². The van der Waals surface area contributed by atoms with E-state index in [1.54, 1.807) is 0 Å². The van der Waals surface area contributed by atoms with E-state index in [2.05, 4.69) is 16.8 Å². The molecule has 0 bridgehead atoms. The molecule has 1 aliphatic carbocycles. The molecule has 0 aromatic carbocycles. The summed E-state index contributed by atoms with van der Waals surface area (Å²) in [5.41, 5.74) is 5.09. The zero-order valence-electron chi connectivity index (χ0n) is 11.1. The van der Waals surface area contributed by atoms with Crippen molar-refractivity contribution in [2.24, 2.45) is 11.7 Å². The van der Waals surface area contributed by atoms with E-state index in [0.29, 0.717) is 12.5 Å². The number of likely N-dealkylation sites (N-methyl/N-ethyl adjacent to an activating group) is 1. The summed E-state index contributed by atoms with van der Waals surface area (Å²) >= 11 is 0. The second-order valence-corrected chi connectivity index (χ2v) is 5.87. The highest BCUT2D eigenvalue weighted by molar-refractivity contribution is 4.97. The van der Waals surface area contributed by atoms with Crippen LogP contribution in [-0.4, -0.2) is 66.8 Å². The lowest BCUT2D eigenvalue weighted by Crippen LogP contribution is -2.50. The minimum atomic E-state index is -0.639. The molecule has 4 heteroatoms. The molecule has 17 heavy (non-hydrogen) atoms. The van der Waals surface area contributed by atoms with Crippen molar-refractivity contribution in [1.29, 1.82) is 0 Å². The number of nitrogens with two attached hydrogens (primary N) is 1. The molecular formula is C13H27N3O. The van der Waals surface area contributed by atoms with Gasteiger partial charge in [0.25, 0.3) is 0 Å². The van der Waals surface area contributed by atoms with Crippen LogP contribution in [0.1, 0.15) is 25.7 Å². The molecular weight excluding hydrogens is 214 g/mol. The van der Waals surface area contributed by atoms with Crippen molar-refractivity contribution in [3.8, 4) is 0 Å². The van der Waals surface area contributed by atoms with Gasteiger partial charge in [0.2, 0.25) is 0 Å². The standard InChI is InChI=1S/C13H27N3O/c1-15(8-9-16-6-2-3-7-16)11-13(17,10-14)12-4-5-12/h12,17H,2-11,14H2,1H3. The number of likely N-dealkylation sites (tertiary alicyclic amines) is 1. The van der Waals surface area contributed by atoms with Gasteiger partial charge < -0.3 is 20.6 Å². The lowest BCUT2D eigenvalue weighted by Gasteiger charge is -2.32. The first-order chi connectivity index (χ1) is 8.14. The summed E-state index contributed by atoms with van der Waals surface area (Å²) in [5, 5.41) is 10.4. The van der Waals surface area contributed by atoms with Crippen LogP contribution in [0.15, 0.2) is 0 Å². The fraction of sp³-hybridized carbons (Fsp3) is 1.00. The van der Waals surface area contributed by atoms with E-state index in [4.69, 9.17) is 5.73 Å². The van der Waals surface area contributed by atoms with Crippen molar-refractivity contribution in [2.75, 3.05) is 46.3 Å². The summed E-state index contributed by atoms with van der Waals surface area (Å²) in [6.45, 7) is 5.78. The average molecular weight is 241 g/mol. The van der Waals surface area contributed by atoms with Gasteiger partial charge >= 0.3 is 0 Å². The Kier molecular flexibility index (Phi) is 4.42. The zero-order valence-corrected chi connectivity index (χ0v) is 11.1. The second-order valence-electron chi connectivity index (χ2n) is 5.87. The van der Waals surface area contributed by atoms with E-state index in [9.17, 15) is 5.11 Å². The molecule has 4 nitrogen and oxygen atoms in total. The van der Waals surface area contributed by atoms with Gasteiger partial charge in [-0.05, 0) is 51.7 Å². The van der Waals surface area contributed by atoms with Crippen LogP contribution in [0.25, 0.3) is 0 Å². The molecule has 3 N–H and O–H groups in total. The largest absolute Gasteiger partial charge is 0.387 e. The summed E-state index contributed by atoms with van der Waals surface area (Å²) in [6, 6.07) is 0. The lowest BCUT2D eigenvalue weighted by atomic mass is 9.97. The first-order valence-corrected chi connectivity index (χ1v) is 6.97. The Morgan fingerprint density at radius 3 is 2.53 bits per heavy atom. The van der Waals surface area contributed by atoms with Crippen LogP contribution in [0, 0.1) is 5.92 Å². The van der Waals surface area contributed by atoms with Crippen LogP contribution < -0.4 is 5.73 Å². The maximum atomic E-state index is 10.4. The van der Waals surface area contributed by atoms with Gasteiger partial charge in [-0.2, -0.15) is 0 Å². The Hall–Kier alpha value is -0.160. The SMILES string of the molecule is CN(CCN1CCCC1)CC(O)(CN)C1CC1. The van der Waals surface area contributed by atoms with E-state index < -0.39 is 5.60 Å². The van der Waals surface area contributed by atoms with Crippen LogP contribution in [0.5, 0.6) is 0 Å². The third kappa shape index (κ3) is 3.65. The molecule has 1 unspecified atom stereocenters. The molecule has 0 spiro atoms. The summed E-state index contributed by atoms with van der Waals surface area (Å²) in [4.78, 5) is 4.75. The summed E-state index contributed by atoms with van der Waals surface area (Å²) in [5.74, 6) is 0.446. The quantitative estimate of drug-likeness (QED) is 0.664. The predicted molar refractivity (Wildman–Crippen MR) is 69.9 cm³/mol. The molecule has 100 valence electrons. The van der Waals surface area contributed by atoms with Crippen molar-refractivity contribution in [1.82, 2.24) is 9.80 Å². The second kappa shape index (κ2) is 5.65. The third-order valence-electron chi connectivity index (χ3n) is 4.23. The van der Waals surface area contributed by atoms with Gasteiger partial charge in [-0.3, -0.25) is 0 Å². The molecule has 2 rings (SSSR count). The highest BCUT2D eigenvalue weighted by atomic mass is 16.3. The number of hydrogen-bond donors (Lipinski definition) is 2. The third-order valence-corrected chi connectivity index (χ3v) is 4.23. The van der Waals surface area contributed by atoms with Gasteiger partial charge in [0, 0.05) is 26.2 Å². The van der Waals surface area contributed by atoms with Gasteiger partial charge in [0.1, 0.15) is 0 Å². The van der Waals surface area contributed by atoms with E-state index in [1.807, 2.05) is 0 Å². The molecule has 1 atom stereocenters. The van der Waals surface area contributed by atoms with Crippen molar-refractivity contribution in [3.05, 3.63) is 0 Å². The number of hydrogen-bond acceptors (Lipinski definition) is 4. The minimum absolute atomic E-state index is 0.395. The fourth-order valence-electron chi connectivity index (χ4n) is 2.85. The van der Waals surface area contributed by atoms with Crippen LogP contribution in [0.2, 0.25) is 0 Å². The molecule has 1 heterocycles. The van der Waals surface area contributed by atoms with E-state index in [1.165, 1.54) is 25.9 Å². The molecule has 2 fully saturated rings. The monoisotopic (exact) mass is 241 g/mol. The van der Waals surface area contributed by atoms with Gasteiger partial charge in [-0.25, -0.2) is 0 Å². The van der Waals surface area contributed by atoms with Crippen molar-refractivity contribution in [2.45, 2.75) is 31.3 Å². The molecule has 0 aromatic rings. The Labute approximate surface area is 105 Å². The van der Waals surface area contributed by atoms with Gasteiger partial charge in [-0.15, -0.1) is 0 Å². The topological polar surface area (TPSA) is 52.7 Å². The highest BCUT2D eigenvalue weighted by Crippen LogP contribution is 2.39. The number of nitrogens with zero attached hydrogens (tertiary/aromatic N) is 2. The Bertz CT molecular complexity index is 239. The smallest absolute Gasteiger partial charge is 0.0923 e. The maximum absolute atomic E-state index is 10.4. The number of aliphatic hydroxyl groups is 1. The molecule has 1 aliphatic heterocycles. The summed E-state index contributed by atoms with van der Waals surface area (Å²) < 4.78 is 0.